The van der Waals surface area contributed by atoms with Crippen LogP contribution < -0.4 is 0 Å². The van der Waals surface area contributed by atoms with E-state index in [2.05, 4.69) is 20.4 Å². The van der Waals surface area contributed by atoms with E-state index in [1.165, 1.54) is 38.2 Å². The molecule has 1 N–H and O–H groups in total. The average molecular weight is 491 g/mol. The van der Waals surface area contributed by atoms with Gasteiger partial charge in [0.25, 0.3) is 5.89 Å². The van der Waals surface area contributed by atoms with E-state index < -0.39 is 34.5 Å². The Kier molecular flexibility index (Phi) is 5.30. The first-order valence-electron chi connectivity index (χ1n) is 10.1. The van der Waals surface area contributed by atoms with Crippen molar-refractivity contribution in [1.82, 2.24) is 34.1 Å². The van der Waals surface area contributed by atoms with Crippen LogP contribution >= 0.6 is 0 Å². The molecule has 14 heteroatoms. The Balaban J connectivity index is 1.56. The van der Waals surface area contributed by atoms with Gasteiger partial charge in [-0.3, -0.25) is 9.36 Å². The molecule has 34 heavy (non-hydrogen) atoms. The third-order valence-electron chi connectivity index (χ3n) is 5.60. The molecule has 0 saturated carbocycles. The molecule has 3 aromatic heterocycles. The second-order valence-electron chi connectivity index (χ2n) is 7.90. The monoisotopic (exact) mass is 491 g/mol. The number of fused-ring (bicyclic) bond motifs is 1. The molecule has 2 atom stereocenters. The minimum atomic E-state index is -4.10. The lowest BCUT2D eigenvalue weighted by atomic mass is 10.00. The first kappa shape index (κ1) is 22.3. The normalized spacial score (nSPS) is 17.2. The van der Waals surface area contributed by atoms with Crippen LogP contribution in [-0.4, -0.2) is 47.6 Å². The molecule has 11 nitrogen and oxygen atoms in total. The number of aromatic nitrogens is 6. The van der Waals surface area contributed by atoms with Gasteiger partial charge in [0.05, 0.1) is 23.3 Å². The van der Waals surface area contributed by atoms with E-state index in [0.29, 0.717) is 16.7 Å². The van der Waals surface area contributed by atoms with Crippen LogP contribution in [0.4, 0.5) is 8.78 Å². The topological polar surface area (TPSA) is 132 Å². The second kappa shape index (κ2) is 8.07. The molecule has 2 unspecified atom stereocenters. The summed E-state index contributed by atoms with van der Waals surface area (Å²) >= 11 is 0. The van der Waals surface area contributed by atoms with Crippen LogP contribution in [0.1, 0.15) is 41.2 Å². The molecule has 0 fully saturated rings. The summed E-state index contributed by atoms with van der Waals surface area (Å²) in [4.78, 5) is -0.0333. The molecular formula is C20H19F2N7O4S. The van der Waals surface area contributed by atoms with Gasteiger partial charge in [-0.2, -0.15) is 23.3 Å². The standard InChI is InChI=1S/C20H19F2N7O4S/c1-27-8-13(6-23-27)16(17(30)14-7-24-28(2)9-14)29-10-12-4-3-11(5-15(12)34(29,31)32)19-25-26-20(33-19)18(21)22/h3-9,16-18,30H,10H2,1-2H3. The van der Waals surface area contributed by atoms with Crippen molar-refractivity contribution in [2.24, 2.45) is 14.1 Å². The third-order valence-corrected chi connectivity index (χ3v) is 7.51. The molecule has 0 amide bonds. The van der Waals surface area contributed by atoms with Gasteiger partial charge < -0.3 is 9.52 Å². The number of benzene rings is 1. The molecular weight excluding hydrogens is 472 g/mol. The van der Waals surface area contributed by atoms with Crippen LogP contribution in [0.15, 0.2) is 52.3 Å². The highest BCUT2D eigenvalue weighted by atomic mass is 32.2. The van der Waals surface area contributed by atoms with Gasteiger partial charge in [-0.25, -0.2) is 8.42 Å². The van der Waals surface area contributed by atoms with Gasteiger partial charge in [0.15, 0.2) is 0 Å². The number of rotatable bonds is 6. The fourth-order valence-electron chi connectivity index (χ4n) is 4.00. The van der Waals surface area contributed by atoms with Crippen LogP contribution in [0.5, 0.6) is 0 Å². The Morgan fingerprint density at radius 1 is 1.06 bits per heavy atom. The summed E-state index contributed by atoms with van der Waals surface area (Å²) in [5, 5.41) is 26.3. The minimum Gasteiger partial charge on any atom is -0.415 e. The molecule has 0 aliphatic carbocycles. The maximum Gasteiger partial charge on any atom is 0.314 e. The van der Waals surface area contributed by atoms with Gasteiger partial charge >= 0.3 is 6.43 Å². The van der Waals surface area contributed by atoms with E-state index >= 15 is 0 Å². The minimum absolute atomic E-state index is 0.0129. The molecule has 1 aromatic carbocycles. The van der Waals surface area contributed by atoms with Crippen molar-refractivity contribution in [3.05, 3.63) is 65.6 Å². The third kappa shape index (κ3) is 3.69. The molecule has 4 heterocycles. The fraction of sp³-hybridized carbons (Fsp3) is 0.300. The quantitative estimate of drug-likeness (QED) is 0.434. The van der Waals surface area contributed by atoms with Crippen LogP contribution in [0.25, 0.3) is 11.5 Å². The summed E-state index contributed by atoms with van der Waals surface area (Å²) in [7, 11) is -0.720. The van der Waals surface area contributed by atoms with Crippen LogP contribution in [0, 0.1) is 0 Å². The highest BCUT2D eigenvalue weighted by Crippen LogP contribution is 2.43. The Bertz CT molecular complexity index is 1460. The fourth-order valence-corrected chi connectivity index (χ4v) is 5.84. The summed E-state index contributed by atoms with van der Waals surface area (Å²) < 4.78 is 62.1. The van der Waals surface area contributed by atoms with Gasteiger partial charge in [0.2, 0.25) is 15.9 Å². The number of nitrogens with zero attached hydrogens (tertiary/aromatic N) is 7. The van der Waals surface area contributed by atoms with Crippen molar-refractivity contribution < 1.29 is 26.7 Å². The maximum atomic E-state index is 13.6. The number of sulfonamides is 1. The zero-order valence-electron chi connectivity index (χ0n) is 17.9. The number of aliphatic hydroxyl groups is 1. The number of alkyl halides is 2. The highest BCUT2D eigenvalue weighted by molar-refractivity contribution is 7.89. The van der Waals surface area contributed by atoms with E-state index in [4.69, 9.17) is 4.42 Å². The number of halogens is 2. The largest absolute Gasteiger partial charge is 0.415 e. The predicted octanol–water partition coefficient (Wildman–Crippen LogP) is 2.12. The van der Waals surface area contributed by atoms with Crippen molar-refractivity contribution in [3.8, 4) is 11.5 Å². The maximum absolute atomic E-state index is 13.6. The molecule has 178 valence electrons. The van der Waals surface area contributed by atoms with Crippen LogP contribution in [-0.2, 0) is 30.7 Å². The number of aliphatic hydroxyl groups excluding tert-OH is 1. The van der Waals surface area contributed by atoms with Gasteiger partial charge in [-0.05, 0) is 17.7 Å². The molecule has 0 saturated heterocycles. The van der Waals surface area contributed by atoms with E-state index in [0.717, 1.165) is 0 Å². The number of hydrogen-bond acceptors (Lipinski definition) is 8. The lowest BCUT2D eigenvalue weighted by Gasteiger charge is -2.29. The molecule has 4 aromatic rings. The van der Waals surface area contributed by atoms with Crippen molar-refractivity contribution in [3.63, 3.8) is 0 Å². The van der Waals surface area contributed by atoms with Crippen LogP contribution in [0.3, 0.4) is 0 Å². The molecule has 0 radical (unpaired) electrons. The molecule has 5 rings (SSSR count). The molecule has 0 spiro atoms. The van der Waals surface area contributed by atoms with Gasteiger partial charge in [0, 0.05) is 49.7 Å². The van der Waals surface area contributed by atoms with Gasteiger partial charge in [0.1, 0.15) is 6.10 Å². The van der Waals surface area contributed by atoms with E-state index in [-0.39, 0.29) is 22.9 Å². The van der Waals surface area contributed by atoms with Gasteiger partial charge in [-0.1, -0.05) is 6.07 Å². The van der Waals surface area contributed by atoms with Crippen molar-refractivity contribution >= 4 is 10.0 Å². The van der Waals surface area contributed by atoms with E-state index in [9.17, 15) is 22.3 Å². The predicted molar refractivity (Wildman–Crippen MR) is 112 cm³/mol. The zero-order chi connectivity index (χ0) is 24.2. The Labute approximate surface area is 192 Å². The first-order chi connectivity index (χ1) is 16.1. The summed E-state index contributed by atoms with van der Waals surface area (Å²) in [5.41, 5.74) is 1.60. The van der Waals surface area contributed by atoms with E-state index in [1.807, 2.05) is 0 Å². The first-order valence-corrected chi connectivity index (χ1v) is 11.5. The van der Waals surface area contributed by atoms with E-state index in [1.54, 1.807) is 32.6 Å². The number of aryl methyl sites for hydroxylation is 2. The van der Waals surface area contributed by atoms with Crippen LogP contribution in [0.2, 0.25) is 0 Å². The highest BCUT2D eigenvalue weighted by Gasteiger charge is 2.44. The summed E-state index contributed by atoms with van der Waals surface area (Å²) in [6, 6.07) is 3.40. The smallest absolute Gasteiger partial charge is 0.314 e. The Morgan fingerprint density at radius 2 is 1.74 bits per heavy atom. The van der Waals surface area contributed by atoms with Crippen molar-refractivity contribution in [2.45, 2.75) is 30.0 Å². The molecule has 0 bridgehead atoms. The van der Waals surface area contributed by atoms with Crippen molar-refractivity contribution in [1.29, 1.82) is 0 Å². The lowest BCUT2D eigenvalue weighted by Crippen LogP contribution is -2.33. The zero-order valence-corrected chi connectivity index (χ0v) is 18.8. The summed E-state index contributed by atoms with van der Waals surface area (Å²) in [6.07, 6.45) is 2.04. The van der Waals surface area contributed by atoms with Crippen molar-refractivity contribution in [2.75, 3.05) is 0 Å². The Hall–Kier alpha value is -3.49. The molecule has 1 aliphatic heterocycles. The second-order valence-corrected chi connectivity index (χ2v) is 9.76. The summed E-state index contributed by atoms with van der Waals surface area (Å²) in [5.74, 6) is -1.07. The number of hydrogen-bond donors (Lipinski definition) is 1. The lowest BCUT2D eigenvalue weighted by molar-refractivity contribution is 0.0884. The summed E-state index contributed by atoms with van der Waals surface area (Å²) in [6.45, 7) is -0.0129. The SMILES string of the molecule is Cn1cc(C(O)C(c2cnn(C)c2)N2Cc3ccc(-c4nnc(C(F)F)o4)cc3S2(=O)=O)cn1. The molecule has 1 aliphatic rings. The average Bonchev–Trinajstić information content (AvgIpc) is 3.57. The van der Waals surface area contributed by atoms with Gasteiger partial charge in [-0.15, -0.1) is 10.2 Å². The Morgan fingerprint density at radius 3 is 2.32 bits per heavy atom.